The predicted octanol–water partition coefficient (Wildman–Crippen LogP) is 3.31. The second kappa shape index (κ2) is 7.18. The number of ketones is 1. The molecule has 7 heteroatoms. The van der Waals surface area contributed by atoms with Crippen molar-refractivity contribution in [1.29, 1.82) is 0 Å². The summed E-state index contributed by atoms with van der Waals surface area (Å²) in [7, 11) is 0. The third-order valence-electron chi connectivity index (χ3n) is 2.33. The van der Waals surface area contributed by atoms with Crippen LogP contribution in [0.25, 0.3) is 0 Å². The summed E-state index contributed by atoms with van der Waals surface area (Å²) in [5, 5.41) is 2.39. The van der Waals surface area contributed by atoms with Crippen molar-refractivity contribution in [3.63, 3.8) is 0 Å². The lowest BCUT2D eigenvalue weighted by Crippen LogP contribution is -2.32. The lowest BCUT2D eigenvalue weighted by molar-refractivity contribution is -0.0885. The maximum absolute atomic E-state index is 12.4. The predicted molar refractivity (Wildman–Crippen MR) is 77.9 cm³/mol. The molecule has 0 aromatic heterocycles. The first-order valence-electron chi connectivity index (χ1n) is 6.66. The maximum Gasteiger partial charge on any atom is 0.454 e. The molecule has 1 aromatic rings. The van der Waals surface area contributed by atoms with Gasteiger partial charge in [0.1, 0.15) is 5.60 Å². The number of Topliss-reactive ketones (excluding diaryl/α,β-unsaturated/α-hetero) is 1. The first-order chi connectivity index (χ1) is 10.5. The first kappa shape index (κ1) is 18.6. The number of alkyl carbamates (subject to hydrolysis) is 1. The summed E-state index contributed by atoms with van der Waals surface area (Å²) < 4.78 is 42.0. The van der Waals surface area contributed by atoms with Crippen LogP contribution in [0, 0.1) is 11.8 Å². The van der Waals surface area contributed by atoms with Crippen LogP contribution in [0.2, 0.25) is 0 Å². The molecule has 0 saturated carbocycles. The van der Waals surface area contributed by atoms with Crippen LogP contribution in [0.4, 0.5) is 18.0 Å². The molecule has 0 aliphatic rings. The molecule has 4 nitrogen and oxygen atoms in total. The van der Waals surface area contributed by atoms with E-state index >= 15 is 0 Å². The van der Waals surface area contributed by atoms with Crippen molar-refractivity contribution in [3.05, 3.63) is 35.4 Å². The number of carbonyl (C=O) groups is 2. The molecule has 1 rings (SSSR count). The van der Waals surface area contributed by atoms with Crippen molar-refractivity contribution in [2.24, 2.45) is 0 Å². The number of hydrogen-bond donors (Lipinski definition) is 1. The number of ether oxygens (including phenoxy) is 1. The molecule has 0 saturated heterocycles. The summed E-state index contributed by atoms with van der Waals surface area (Å²) in [6.45, 7) is 5.09. The van der Waals surface area contributed by atoms with Gasteiger partial charge in [0.05, 0.1) is 6.54 Å². The van der Waals surface area contributed by atoms with Crippen molar-refractivity contribution < 1.29 is 27.5 Å². The van der Waals surface area contributed by atoms with Gasteiger partial charge in [-0.05, 0) is 32.9 Å². The van der Waals surface area contributed by atoms with E-state index in [9.17, 15) is 22.8 Å². The Bertz CT molecular complexity index is 649. The average Bonchev–Trinajstić information content (AvgIpc) is 2.40. The Balaban J connectivity index is 2.67. The van der Waals surface area contributed by atoms with Crippen molar-refractivity contribution >= 4 is 11.9 Å². The molecule has 0 fully saturated rings. The highest BCUT2D eigenvalue weighted by atomic mass is 19.4. The monoisotopic (exact) mass is 327 g/mol. The minimum absolute atomic E-state index is 0.0354. The van der Waals surface area contributed by atoms with Gasteiger partial charge in [0.25, 0.3) is 5.78 Å². The molecular weight excluding hydrogens is 311 g/mol. The molecular formula is C16H16F3NO3. The lowest BCUT2D eigenvalue weighted by atomic mass is 10.1. The maximum atomic E-state index is 12.4. The standard InChI is InChI=1S/C16H16F3NO3/c1-15(2,3)23-14(22)20-9-5-7-11-6-4-8-12(10-11)13(21)16(17,18)19/h4,6,8,10H,9H2,1-3H3,(H,20,22). The fourth-order valence-corrected chi connectivity index (χ4v) is 1.48. The Morgan fingerprint density at radius 2 is 1.87 bits per heavy atom. The number of alkyl halides is 3. The molecule has 0 radical (unpaired) electrons. The SMILES string of the molecule is CC(C)(C)OC(=O)NCC#Cc1cccc(C(=O)C(F)(F)F)c1. The zero-order chi connectivity index (χ0) is 17.7. The van der Waals surface area contributed by atoms with Gasteiger partial charge >= 0.3 is 12.3 Å². The number of halogens is 3. The molecule has 1 aromatic carbocycles. The molecule has 0 spiro atoms. The van der Waals surface area contributed by atoms with Crippen LogP contribution in [0.1, 0.15) is 36.7 Å². The third kappa shape index (κ3) is 6.87. The molecule has 23 heavy (non-hydrogen) atoms. The minimum atomic E-state index is -4.93. The van der Waals surface area contributed by atoms with Crippen LogP contribution in [-0.4, -0.2) is 30.2 Å². The number of benzene rings is 1. The largest absolute Gasteiger partial charge is 0.454 e. The molecule has 0 atom stereocenters. The van der Waals surface area contributed by atoms with Gasteiger partial charge in [-0.2, -0.15) is 13.2 Å². The van der Waals surface area contributed by atoms with Crippen LogP contribution < -0.4 is 5.32 Å². The van der Waals surface area contributed by atoms with Gasteiger partial charge in [-0.15, -0.1) is 0 Å². The van der Waals surface area contributed by atoms with Gasteiger partial charge in [-0.1, -0.05) is 24.0 Å². The van der Waals surface area contributed by atoms with E-state index in [0.717, 1.165) is 12.1 Å². The number of rotatable bonds is 2. The van der Waals surface area contributed by atoms with E-state index in [0.29, 0.717) is 0 Å². The fourth-order valence-electron chi connectivity index (χ4n) is 1.48. The smallest absolute Gasteiger partial charge is 0.444 e. The molecule has 0 heterocycles. The van der Waals surface area contributed by atoms with Gasteiger partial charge < -0.3 is 10.1 Å². The summed E-state index contributed by atoms with van der Waals surface area (Å²) in [5.41, 5.74) is -0.875. The Morgan fingerprint density at radius 3 is 2.43 bits per heavy atom. The average molecular weight is 327 g/mol. The van der Waals surface area contributed by atoms with Crippen molar-refractivity contribution in [2.45, 2.75) is 32.5 Å². The summed E-state index contributed by atoms with van der Waals surface area (Å²) >= 11 is 0. The second-order valence-corrected chi connectivity index (χ2v) is 5.56. The molecule has 0 unspecified atom stereocenters. The highest BCUT2D eigenvalue weighted by molar-refractivity contribution is 6.00. The zero-order valence-electron chi connectivity index (χ0n) is 12.9. The minimum Gasteiger partial charge on any atom is -0.444 e. The van der Waals surface area contributed by atoms with Gasteiger partial charge in [0, 0.05) is 11.1 Å². The van der Waals surface area contributed by atoms with E-state index in [1.807, 2.05) is 0 Å². The van der Waals surface area contributed by atoms with E-state index in [1.165, 1.54) is 12.1 Å². The van der Waals surface area contributed by atoms with Crippen molar-refractivity contribution in [3.8, 4) is 11.8 Å². The van der Waals surface area contributed by atoms with Crippen molar-refractivity contribution in [1.82, 2.24) is 5.32 Å². The Labute approximate surface area is 132 Å². The van der Waals surface area contributed by atoms with E-state index < -0.39 is 29.2 Å². The van der Waals surface area contributed by atoms with Crippen LogP contribution in [0.5, 0.6) is 0 Å². The number of hydrogen-bond acceptors (Lipinski definition) is 3. The third-order valence-corrected chi connectivity index (χ3v) is 2.33. The molecule has 1 N–H and O–H groups in total. The quantitative estimate of drug-likeness (QED) is 0.670. The topological polar surface area (TPSA) is 55.4 Å². The number of amides is 1. The fraction of sp³-hybridized carbons (Fsp3) is 0.375. The van der Waals surface area contributed by atoms with Gasteiger partial charge in [-0.3, -0.25) is 4.79 Å². The van der Waals surface area contributed by atoms with Gasteiger partial charge in [0.2, 0.25) is 0 Å². The lowest BCUT2D eigenvalue weighted by Gasteiger charge is -2.19. The zero-order valence-corrected chi connectivity index (χ0v) is 12.9. The number of carbonyl (C=O) groups excluding carboxylic acids is 2. The summed E-state index contributed by atoms with van der Waals surface area (Å²) in [6.07, 6.45) is -5.57. The summed E-state index contributed by atoms with van der Waals surface area (Å²) in [6, 6.07) is 4.90. The van der Waals surface area contributed by atoms with E-state index in [-0.39, 0.29) is 12.1 Å². The molecule has 0 aliphatic carbocycles. The van der Waals surface area contributed by atoms with Crippen LogP contribution in [-0.2, 0) is 4.74 Å². The van der Waals surface area contributed by atoms with Crippen LogP contribution in [0.3, 0.4) is 0 Å². The van der Waals surface area contributed by atoms with E-state index in [1.54, 1.807) is 20.8 Å². The summed E-state index contributed by atoms with van der Waals surface area (Å²) in [5.74, 6) is 3.22. The molecule has 0 aliphatic heterocycles. The summed E-state index contributed by atoms with van der Waals surface area (Å²) in [4.78, 5) is 22.5. The van der Waals surface area contributed by atoms with Crippen LogP contribution >= 0.6 is 0 Å². The Morgan fingerprint density at radius 1 is 1.22 bits per heavy atom. The Hall–Kier alpha value is -2.49. The Kier molecular flexibility index (Phi) is 5.79. The molecule has 1 amide bonds. The van der Waals surface area contributed by atoms with E-state index in [2.05, 4.69) is 17.2 Å². The van der Waals surface area contributed by atoms with Crippen LogP contribution in [0.15, 0.2) is 24.3 Å². The highest BCUT2D eigenvalue weighted by Crippen LogP contribution is 2.21. The van der Waals surface area contributed by atoms with Gasteiger partial charge in [0.15, 0.2) is 0 Å². The van der Waals surface area contributed by atoms with Gasteiger partial charge in [-0.25, -0.2) is 4.79 Å². The molecule has 0 bridgehead atoms. The first-order valence-corrected chi connectivity index (χ1v) is 6.66. The molecule has 124 valence electrons. The second-order valence-electron chi connectivity index (χ2n) is 5.56. The normalized spacial score (nSPS) is 11.2. The van der Waals surface area contributed by atoms with E-state index in [4.69, 9.17) is 4.74 Å². The number of nitrogens with one attached hydrogen (secondary N) is 1. The highest BCUT2D eigenvalue weighted by Gasteiger charge is 2.39. The van der Waals surface area contributed by atoms with Crippen molar-refractivity contribution in [2.75, 3.05) is 6.54 Å².